The van der Waals surface area contributed by atoms with Gasteiger partial charge in [0.25, 0.3) is 0 Å². The Morgan fingerprint density at radius 2 is 1.95 bits per heavy atom. The minimum absolute atomic E-state index is 0.122. The predicted molar refractivity (Wildman–Crippen MR) is 78.1 cm³/mol. The summed E-state index contributed by atoms with van der Waals surface area (Å²) in [7, 11) is -3.44. The second-order valence-electron chi connectivity index (χ2n) is 5.60. The Labute approximate surface area is 120 Å². The molecule has 1 fully saturated rings. The van der Waals surface area contributed by atoms with E-state index in [2.05, 4.69) is 11.6 Å². The Bertz CT molecular complexity index is 536. The highest BCUT2D eigenvalue weighted by molar-refractivity contribution is 7.89. The quantitative estimate of drug-likeness (QED) is 0.799. The van der Waals surface area contributed by atoms with Crippen LogP contribution in [0.15, 0.2) is 29.2 Å². The molecule has 6 heteroatoms. The van der Waals surface area contributed by atoms with Crippen molar-refractivity contribution in [1.29, 1.82) is 0 Å². The molecule has 20 heavy (non-hydrogen) atoms. The van der Waals surface area contributed by atoms with Crippen LogP contribution in [0, 0.1) is 5.41 Å². The molecule has 0 unspecified atom stereocenters. The SMILES string of the molecule is CC1(CNS(=O)(=O)c2ccc(OCCN)cc2)CCC1. The van der Waals surface area contributed by atoms with Gasteiger partial charge in [0.05, 0.1) is 4.90 Å². The van der Waals surface area contributed by atoms with Crippen molar-refractivity contribution in [2.24, 2.45) is 11.1 Å². The summed E-state index contributed by atoms with van der Waals surface area (Å²) in [4.78, 5) is 0.264. The highest BCUT2D eigenvalue weighted by atomic mass is 32.2. The Morgan fingerprint density at radius 1 is 1.30 bits per heavy atom. The van der Waals surface area contributed by atoms with Gasteiger partial charge in [0.1, 0.15) is 12.4 Å². The predicted octanol–water partition coefficient (Wildman–Crippen LogP) is 1.49. The van der Waals surface area contributed by atoms with Crippen LogP contribution >= 0.6 is 0 Å². The van der Waals surface area contributed by atoms with Crippen molar-refractivity contribution in [3.8, 4) is 5.75 Å². The number of sulfonamides is 1. The van der Waals surface area contributed by atoms with Crippen molar-refractivity contribution >= 4 is 10.0 Å². The molecular formula is C14H22N2O3S. The molecule has 1 aromatic rings. The highest BCUT2D eigenvalue weighted by Crippen LogP contribution is 2.39. The van der Waals surface area contributed by atoms with Crippen molar-refractivity contribution < 1.29 is 13.2 Å². The van der Waals surface area contributed by atoms with Gasteiger partial charge in [-0.25, -0.2) is 13.1 Å². The minimum Gasteiger partial charge on any atom is -0.492 e. The van der Waals surface area contributed by atoms with Gasteiger partial charge in [-0.2, -0.15) is 0 Å². The molecule has 3 N–H and O–H groups in total. The maximum absolute atomic E-state index is 12.2. The van der Waals surface area contributed by atoms with E-state index in [9.17, 15) is 8.42 Å². The Hall–Kier alpha value is -1.11. The first-order valence-corrected chi connectivity index (χ1v) is 8.36. The number of hydrogen-bond acceptors (Lipinski definition) is 4. The van der Waals surface area contributed by atoms with Crippen molar-refractivity contribution in [2.75, 3.05) is 19.7 Å². The molecule has 1 aliphatic rings. The number of rotatable bonds is 7. The fourth-order valence-corrected chi connectivity index (χ4v) is 3.40. The van der Waals surface area contributed by atoms with Gasteiger partial charge in [0, 0.05) is 13.1 Å². The third-order valence-electron chi connectivity index (χ3n) is 3.77. The molecule has 0 aliphatic heterocycles. The van der Waals surface area contributed by atoms with E-state index in [1.54, 1.807) is 24.3 Å². The molecular weight excluding hydrogens is 276 g/mol. The second-order valence-corrected chi connectivity index (χ2v) is 7.36. The summed E-state index contributed by atoms with van der Waals surface area (Å²) in [5, 5.41) is 0. The molecule has 0 bridgehead atoms. The van der Waals surface area contributed by atoms with E-state index in [0.717, 1.165) is 12.8 Å². The van der Waals surface area contributed by atoms with E-state index in [1.807, 2.05) is 0 Å². The average molecular weight is 298 g/mol. The largest absolute Gasteiger partial charge is 0.492 e. The van der Waals surface area contributed by atoms with Crippen LogP contribution in [0.3, 0.4) is 0 Å². The lowest BCUT2D eigenvalue weighted by Crippen LogP contribution is -2.39. The highest BCUT2D eigenvalue weighted by Gasteiger charge is 2.32. The summed E-state index contributed by atoms with van der Waals surface area (Å²) in [5.41, 5.74) is 5.47. The van der Waals surface area contributed by atoms with E-state index in [1.165, 1.54) is 6.42 Å². The fourth-order valence-electron chi connectivity index (χ4n) is 2.20. The van der Waals surface area contributed by atoms with Gasteiger partial charge < -0.3 is 10.5 Å². The summed E-state index contributed by atoms with van der Waals surface area (Å²) in [6.07, 6.45) is 3.36. The molecule has 2 rings (SSSR count). The molecule has 0 amide bonds. The van der Waals surface area contributed by atoms with Gasteiger partial charge in [-0.15, -0.1) is 0 Å². The van der Waals surface area contributed by atoms with Crippen molar-refractivity contribution in [2.45, 2.75) is 31.1 Å². The van der Waals surface area contributed by atoms with Gasteiger partial charge >= 0.3 is 0 Å². The first kappa shape index (κ1) is 15.3. The van der Waals surface area contributed by atoms with Gasteiger partial charge in [0.15, 0.2) is 0 Å². The fraction of sp³-hybridized carbons (Fsp3) is 0.571. The van der Waals surface area contributed by atoms with Gasteiger partial charge in [-0.05, 0) is 42.5 Å². The Morgan fingerprint density at radius 3 is 2.45 bits per heavy atom. The van der Waals surface area contributed by atoms with Crippen LogP contribution in [0.25, 0.3) is 0 Å². The van der Waals surface area contributed by atoms with Crippen LogP contribution in [0.2, 0.25) is 0 Å². The standard InChI is InChI=1S/C14H22N2O3S/c1-14(7-2-8-14)11-16-20(17,18)13-5-3-12(4-6-13)19-10-9-15/h3-6,16H,2,7-11,15H2,1H3. The number of hydrogen-bond donors (Lipinski definition) is 2. The van der Waals surface area contributed by atoms with Gasteiger partial charge in [-0.1, -0.05) is 13.3 Å². The molecule has 0 atom stereocenters. The average Bonchev–Trinajstić information content (AvgIpc) is 2.41. The zero-order valence-electron chi connectivity index (χ0n) is 11.8. The first-order valence-electron chi connectivity index (χ1n) is 6.88. The summed E-state index contributed by atoms with van der Waals surface area (Å²) in [5.74, 6) is 0.625. The van der Waals surface area contributed by atoms with E-state index in [0.29, 0.717) is 25.4 Å². The molecule has 1 aromatic carbocycles. The molecule has 0 aromatic heterocycles. The molecule has 0 radical (unpaired) electrons. The number of nitrogens with two attached hydrogens (primary N) is 1. The molecule has 1 aliphatic carbocycles. The number of ether oxygens (including phenoxy) is 1. The van der Waals surface area contributed by atoms with Gasteiger partial charge in [-0.3, -0.25) is 0 Å². The van der Waals surface area contributed by atoms with Crippen LogP contribution in [0.1, 0.15) is 26.2 Å². The van der Waals surface area contributed by atoms with Crippen molar-refractivity contribution in [3.63, 3.8) is 0 Å². The van der Waals surface area contributed by atoms with Crippen LogP contribution in [-0.4, -0.2) is 28.1 Å². The van der Waals surface area contributed by atoms with Crippen LogP contribution in [0.4, 0.5) is 0 Å². The molecule has 5 nitrogen and oxygen atoms in total. The Balaban J connectivity index is 1.98. The molecule has 112 valence electrons. The lowest BCUT2D eigenvalue weighted by atomic mass is 9.71. The topological polar surface area (TPSA) is 81.4 Å². The Kier molecular flexibility index (Phi) is 4.67. The molecule has 1 saturated carbocycles. The van der Waals surface area contributed by atoms with Crippen molar-refractivity contribution in [1.82, 2.24) is 4.72 Å². The summed E-state index contributed by atoms with van der Waals surface area (Å²) < 4.78 is 32.4. The van der Waals surface area contributed by atoms with Crippen molar-refractivity contribution in [3.05, 3.63) is 24.3 Å². The van der Waals surface area contributed by atoms with E-state index >= 15 is 0 Å². The van der Waals surface area contributed by atoms with Crippen LogP contribution < -0.4 is 15.2 Å². The number of nitrogens with one attached hydrogen (secondary N) is 1. The molecule has 0 spiro atoms. The maximum Gasteiger partial charge on any atom is 0.240 e. The van der Waals surface area contributed by atoms with Gasteiger partial charge in [0.2, 0.25) is 10.0 Å². The third kappa shape index (κ3) is 3.71. The normalized spacial score (nSPS) is 17.5. The smallest absolute Gasteiger partial charge is 0.240 e. The monoisotopic (exact) mass is 298 g/mol. The third-order valence-corrected chi connectivity index (χ3v) is 5.19. The lowest BCUT2D eigenvalue weighted by Gasteiger charge is -2.38. The molecule has 0 saturated heterocycles. The van der Waals surface area contributed by atoms with E-state index in [-0.39, 0.29) is 10.3 Å². The first-order chi connectivity index (χ1) is 9.45. The maximum atomic E-state index is 12.2. The zero-order chi connectivity index (χ0) is 14.6. The van der Waals surface area contributed by atoms with E-state index < -0.39 is 10.0 Å². The number of benzene rings is 1. The zero-order valence-corrected chi connectivity index (χ0v) is 12.6. The summed E-state index contributed by atoms with van der Waals surface area (Å²) in [6.45, 7) is 3.46. The molecule has 0 heterocycles. The minimum atomic E-state index is -3.44. The second kappa shape index (κ2) is 6.11. The summed E-state index contributed by atoms with van der Waals surface area (Å²) >= 11 is 0. The van der Waals surface area contributed by atoms with E-state index in [4.69, 9.17) is 10.5 Å². The van der Waals surface area contributed by atoms with Crippen LogP contribution in [-0.2, 0) is 10.0 Å². The summed E-state index contributed by atoms with van der Waals surface area (Å²) in [6, 6.07) is 6.40. The lowest BCUT2D eigenvalue weighted by molar-refractivity contribution is 0.166. The van der Waals surface area contributed by atoms with Crippen LogP contribution in [0.5, 0.6) is 5.75 Å².